The summed E-state index contributed by atoms with van der Waals surface area (Å²) in [6, 6.07) is 7.57. The molecule has 1 heterocycles. The fourth-order valence-electron chi connectivity index (χ4n) is 2.57. The smallest absolute Gasteiger partial charge is 0.244 e. The zero-order valence-corrected chi connectivity index (χ0v) is 12.4. The maximum atomic E-state index is 12.4. The topological polar surface area (TPSA) is 50.4 Å². The minimum absolute atomic E-state index is 0.0692. The van der Waals surface area contributed by atoms with E-state index in [1.54, 1.807) is 0 Å². The van der Waals surface area contributed by atoms with Crippen LogP contribution in [-0.2, 0) is 4.79 Å². The number of carbonyl (C=O) groups is 1. The Balaban J connectivity index is 1.97. The molecule has 0 saturated carbocycles. The summed E-state index contributed by atoms with van der Waals surface area (Å²) in [6.45, 7) is 5.77. The molecular formula is C16H24N2O2. The van der Waals surface area contributed by atoms with Crippen molar-refractivity contribution in [1.82, 2.24) is 5.32 Å². The van der Waals surface area contributed by atoms with Gasteiger partial charge in [0.15, 0.2) is 0 Å². The molecule has 1 aliphatic heterocycles. The number of nitrogens with one attached hydrogen (secondary N) is 2. The average Bonchev–Trinajstić information content (AvgIpc) is 2.97. The number of carbonyl (C=O) groups excluding carboxylic acids is 1. The van der Waals surface area contributed by atoms with E-state index >= 15 is 0 Å². The second-order valence-electron chi connectivity index (χ2n) is 5.29. The molecule has 0 radical (unpaired) electrons. The molecule has 1 aliphatic rings. The van der Waals surface area contributed by atoms with Gasteiger partial charge in [-0.25, -0.2) is 0 Å². The van der Waals surface area contributed by atoms with Gasteiger partial charge in [0.2, 0.25) is 5.91 Å². The third kappa shape index (κ3) is 3.31. The van der Waals surface area contributed by atoms with Gasteiger partial charge in [-0.05, 0) is 56.5 Å². The predicted molar refractivity (Wildman–Crippen MR) is 81.1 cm³/mol. The van der Waals surface area contributed by atoms with Crippen LogP contribution in [0.5, 0.6) is 5.75 Å². The summed E-state index contributed by atoms with van der Waals surface area (Å²) in [5.41, 5.74) is 0.428. The standard InChI is InChI=1S/C16H24N2O2/c1-3-12-20-14-8-6-13(7-9-14)18-15(19)16(4-2)10-5-11-17-16/h6-9,17H,3-5,10-12H2,1-2H3,(H,18,19). The fourth-order valence-corrected chi connectivity index (χ4v) is 2.57. The second-order valence-corrected chi connectivity index (χ2v) is 5.29. The molecule has 20 heavy (non-hydrogen) atoms. The Hall–Kier alpha value is -1.55. The first-order chi connectivity index (χ1) is 9.70. The number of hydrogen-bond acceptors (Lipinski definition) is 3. The molecule has 1 aromatic carbocycles. The van der Waals surface area contributed by atoms with Crippen LogP contribution in [0.2, 0.25) is 0 Å². The Morgan fingerprint density at radius 3 is 2.65 bits per heavy atom. The minimum atomic E-state index is -0.391. The van der Waals surface area contributed by atoms with Crippen molar-refractivity contribution < 1.29 is 9.53 Å². The molecule has 0 aliphatic carbocycles. The van der Waals surface area contributed by atoms with E-state index in [2.05, 4.69) is 24.5 Å². The molecule has 1 aromatic rings. The summed E-state index contributed by atoms with van der Waals surface area (Å²) in [7, 11) is 0. The van der Waals surface area contributed by atoms with E-state index < -0.39 is 5.54 Å². The summed E-state index contributed by atoms with van der Waals surface area (Å²) in [6.07, 6.45) is 3.78. The maximum absolute atomic E-state index is 12.4. The number of anilines is 1. The molecule has 4 heteroatoms. The minimum Gasteiger partial charge on any atom is -0.494 e. The van der Waals surface area contributed by atoms with Crippen LogP contribution in [0, 0.1) is 0 Å². The first-order valence-corrected chi connectivity index (χ1v) is 7.49. The fraction of sp³-hybridized carbons (Fsp3) is 0.562. The van der Waals surface area contributed by atoms with E-state index in [0.717, 1.165) is 43.7 Å². The van der Waals surface area contributed by atoms with E-state index in [-0.39, 0.29) is 5.91 Å². The van der Waals surface area contributed by atoms with E-state index in [4.69, 9.17) is 4.74 Å². The molecule has 1 amide bonds. The molecule has 1 atom stereocenters. The summed E-state index contributed by atoms with van der Waals surface area (Å²) in [5.74, 6) is 0.911. The monoisotopic (exact) mass is 276 g/mol. The second kappa shape index (κ2) is 6.75. The molecule has 1 saturated heterocycles. The lowest BCUT2D eigenvalue weighted by molar-refractivity contribution is -0.122. The zero-order chi connectivity index (χ0) is 14.4. The highest BCUT2D eigenvalue weighted by atomic mass is 16.5. The van der Waals surface area contributed by atoms with Gasteiger partial charge in [-0.1, -0.05) is 13.8 Å². The van der Waals surface area contributed by atoms with Crippen molar-refractivity contribution in [1.29, 1.82) is 0 Å². The molecule has 0 aromatic heterocycles. The van der Waals surface area contributed by atoms with Gasteiger partial charge >= 0.3 is 0 Å². The molecule has 110 valence electrons. The van der Waals surface area contributed by atoms with E-state index in [0.29, 0.717) is 6.61 Å². The van der Waals surface area contributed by atoms with Gasteiger partial charge in [0.05, 0.1) is 12.1 Å². The molecule has 1 fully saturated rings. The number of hydrogen-bond donors (Lipinski definition) is 2. The van der Waals surface area contributed by atoms with Crippen molar-refractivity contribution in [2.24, 2.45) is 0 Å². The molecule has 0 bridgehead atoms. The number of ether oxygens (including phenoxy) is 1. The van der Waals surface area contributed by atoms with Crippen molar-refractivity contribution in [2.45, 2.75) is 45.1 Å². The van der Waals surface area contributed by atoms with Gasteiger partial charge in [0, 0.05) is 5.69 Å². The van der Waals surface area contributed by atoms with Crippen LogP contribution < -0.4 is 15.4 Å². The molecule has 4 nitrogen and oxygen atoms in total. The number of rotatable bonds is 6. The number of amides is 1. The largest absolute Gasteiger partial charge is 0.494 e. The predicted octanol–water partition coefficient (Wildman–Crippen LogP) is 2.95. The Morgan fingerprint density at radius 2 is 2.10 bits per heavy atom. The SMILES string of the molecule is CCCOc1ccc(NC(=O)C2(CC)CCCN2)cc1. The van der Waals surface area contributed by atoms with Gasteiger partial charge in [0.1, 0.15) is 5.75 Å². The third-order valence-electron chi connectivity index (χ3n) is 3.87. The zero-order valence-electron chi connectivity index (χ0n) is 12.4. The Labute approximate surface area is 120 Å². The van der Waals surface area contributed by atoms with Crippen LogP contribution in [0.25, 0.3) is 0 Å². The Bertz CT molecular complexity index is 436. The highest BCUT2D eigenvalue weighted by Gasteiger charge is 2.38. The lowest BCUT2D eigenvalue weighted by Crippen LogP contribution is -2.50. The van der Waals surface area contributed by atoms with Gasteiger partial charge in [-0.2, -0.15) is 0 Å². The first-order valence-electron chi connectivity index (χ1n) is 7.49. The first kappa shape index (κ1) is 14.9. The Kier molecular flexibility index (Phi) is 5.01. The van der Waals surface area contributed by atoms with Crippen LogP contribution in [0.3, 0.4) is 0 Å². The van der Waals surface area contributed by atoms with Crippen LogP contribution in [0.4, 0.5) is 5.69 Å². The van der Waals surface area contributed by atoms with Crippen LogP contribution in [0.1, 0.15) is 39.5 Å². The summed E-state index contributed by atoms with van der Waals surface area (Å²) >= 11 is 0. The van der Waals surface area contributed by atoms with E-state index in [1.807, 2.05) is 24.3 Å². The van der Waals surface area contributed by atoms with Crippen molar-refractivity contribution in [3.05, 3.63) is 24.3 Å². The summed E-state index contributed by atoms with van der Waals surface area (Å²) < 4.78 is 5.53. The molecule has 1 unspecified atom stereocenters. The highest BCUT2D eigenvalue weighted by Crippen LogP contribution is 2.25. The lowest BCUT2D eigenvalue weighted by atomic mass is 9.93. The quantitative estimate of drug-likeness (QED) is 0.840. The van der Waals surface area contributed by atoms with Gasteiger partial charge in [-0.15, -0.1) is 0 Å². The van der Waals surface area contributed by atoms with Crippen molar-refractivity contribution in [2.75, 3.05) is 18.5 Å². The molecular weight excluding hydrogens is 252 g/mol. The number of benzene rings is 1. The van der Waals surface area contributed by atoms with E-state index in [1.165, 1.54) is 0 Å². The van der Waals surface area contributed by atoms with Crippen LogP contribution in [0.15, 0.2) is 24.3 Å². The van der Waals surface area contributed by atoms with Gasteiger partial charge in [0.25, 0.3) is 0 Å². The van der Waals surface area contributed by atoms with Gasteiger partial charge in [-0.3, -0.25) is 4.79 Å². The molecule has 2 N–H and O–H groups in total. The third-order valence-corrected chi connectivity index (χ3v) is 3.87. The summed E-state index contributed by atoms with van der Waals surface area (Å²) in [4.78, 5) is 12.4. The van der Waals surface area contributed by atoms with Crippen molar-refractivity contribution >= 4 is 11.6 Å². The summed E-state index contributed by atoms with van der Waals surface area (Å²) in [5, 5.41) is 6.34. The highest BCUT2D eigenvalue weighted by molar-refractivity contribution is 5.98. The van der Waals surface area contributed by atoms with E-state index in [9.17, 15) is 4.79 Å². The van der Waals surface area contributed by atoms with Crippen LogP contribution >= 0.6 is 0 Å². The van der Waals surface area contributed by atoms with Crippen LogP contribution in [-0.4, -0.2) is 24.6 Å². The lowest BCUT2D eigenvalue weighted by Gasteiger charge is -2.26. The van der Waals surface area contributed by atoms with Gasteiger partial charge < -0.3 is 15.4 Å². The average molecular weight is 276 g/mol. The normalized spacial score (nSPS) is 21.7. The molecule has 2 rings (SSSR count). The molecule has 0 spiro atoms. The van der Waals surface area contributed by atoms with Crippen molar-refractivity contribution in [3.8, 4) is 5.75 Å². The maximum Gasteiger partial charge on any atom is 0.244 e. The Morgan fingerprint density at radius 1 is 1.35 bits per heavy atom. The van der Waals surface area contributed by atoms with Crippen molar-refractivity contribution in [3.63, 3.8) is 0 Å².